The first-order valence-electron chi connectivity index (χ1n) is 8.20. The monoisotopic (exact) mass is 312 g/mol. The molecule has 3 rings (SSSR count). The molecule has 4 heteroatoms. The fourth-order valence-electron chi connectivity index (χ4n) is 2.77. The molecule has 0 saturated heterocycles. The molecule has 122 valence electrons. The summed E-state index contributed by atoms with van der Waals surface area (Å²) in [5.41, 5.74) is 2.27. The zero-order chi connectivity index (χ0) is 16.2. The quantitative estimate of drug-likeness (QED) is 0.814. The van der Waals surface area contributed by atoms with Crippen LogP contribution in [0, 0.1) is 5.92 Å². The van der Waals surface area contributed by atoms with Crippen LogP contribution in [0.3, 0.4) is 0 Å². The number of hydrogen-bond acceptors (Lipinski definition) is 3. The molecule has 1 aromatic heterocycles. The van der Waals surface area contributed by atoms with Crippen LogP contribution in [0.2, 0.25) is 0 Å². The maximum atomic E-state index is 5.86. The maximum absolute atomic E-state index is 5.86. The maximum Gasteiger partial charge on any atom is 0.233 e. The molecule has 2 unspecified atom stereocenters. The van der Waals surface area contributed by atoms with E-state index in [4.69, 9.17) is 14.5 Å². The smallest absolute Gasteiger partial charge is 0.233 e. The molecule has 0 bridgehead atoms. The number of nitrogens with zero attached hydrogens (tertiary/aromatic N) is 2. The summed E-state index contributed by atoms with van der Waals surface area (Å²) in [6.45, 7) is 5.92. The lowest BCUT2D eigenvalue weighted by Gasteiger charge is -2.11. The molecule has 0 fully saturated rings. The van der Waals surface area contributed by atoms with Crippen molar-refractivity contribution in [1.29, 1.82) is 0 Å². The minimum absolute atomic E-state index is 0.277. The van der Waals surface area contributed by atoms with Crippen molar-refractivity contribution in [3.63, 3.8) is 0 Å². The van der Waals surface area contributed by atoms with Crippen molar-refractivity contribution in [2.24, 2.45) is 10.9 Å². The highest BCUT2D eigenvalue weighted by atomic mass is 16.5. The van der Waals surface area contributed by atoms with Gasteiger partial charge in [0.05, 0.1) is 13.2 Å². The Balaban J connectivity index is 1.77. The van der Waals surface area contributed by atoms with Gasteiger partial charge in [-0.05, 0) is 35.7 Å². The average molecular weight is 312 g/mol. The van der Waals surface area contributed by atoms with E-state index in [-0.39, 0.29) is 6.04 Å². The highest BCUT2D eigenvalue weighted by Crippen LogP contribution is 2.21. The molecule has 0 N–H and O–H groups in total. The van der Waals surface area contributed by atoms with E-state index in [1.165, 1.54) is 5.56 Å². The fourth-order valence-corrected chi connectivity index (χ4v) is 2.77. The number of aliphatic imine (C=N–C) groups is 1. The lowest BCUT2D eigenvalue weighted by Crippen LogP contribution is -2.16. The molecular formula is C19H24N2O2. The van der Waals surface area contributed by atoms with E-state index in [2.05, 4.69) is 42.8 Å². The van der Waals surface area contributed by atoms with Crippen LogP contribution in [-0.2, 0) is 11.3 Å². The predicted octanol–water partition coefficient (Wildman–Crippen LogP) is 3.74. The minimum Gasteiger partial charge on any atom is -0.497 e. The number of hydrogen-bond donors (Lipinski definition) is 0. The van der Waals surface area contributed by atoms with Crippen molar-refractivity contribution in [2.45, 2.75) is 32.9 Å². The SMILES string of the molecule is CCC(C)C1COC(c2cccn2Cc2ccc(OC)cc2)=N1. The van der Waals surface area contributed by atoms with E-state index in [1.54, 1.807) is 7.11 Å². The van der Waals surface area contributed by atoms with Crippen molar-refractivity contribution in [2.75, 3.05) is 13.7 Å². The summed E-state index contributed by atoms with van der Waals surface area (Å²) < 4.78 is 13.2. The minimum atomic E-state index is 0.277. The molecule has 0 spiro atoms. The number of rotatable bonds is 6. The molecule has 4 nitrogen and oxygen atoms in total. The van der Waals surface area contributed by atoms with E-state index in [9.17, 15) is 0 Å². The van der Waals surface area contributed by atoms with Crippen molar-refractivity contribution in [1.82, 2.24) is 4.57 Å². The summed E-state index contributed by atoms with van der Waals surface area (Å²) in [5.74, 6) is 2.20. The van der Waals surface area contributed by atoms with Crippen LogP contribution in [0.25, 0.3) is 0 Å². The van der Waals surface area contributed by atoms with Gasteiger partial charge in [-0.25, -0.2) is 4.99 Å². The van der Waals surface area contributed by atoms with E-state index < -0.39 is 0 Å². The van der Waals surface area contributed by atoms with Crippen LogP contribution in [0.1, 0.15) is 31.5 Å². The molecule has 2 aromatic rings. The summed E-state index contributed by atoms with van der Waals surface area (Å²) >= 11 is 0. The van der Waals surface area contributed by atoms with Gasteiger partial charge in [0.15, 0.2) is 0 Å². The van der Waals surface area contributed by atoms with Gasteiger partial charge in [0.2, 0.25) is 5.90 Å². The number of ether oxygens (including phenoxy) is 2. The Labute approximate surface area is 137 Å². The van der Waals surface area contributed by atoms with Gasteiger partial charge in [0.1, 0.15) is 18.1 Å². The van der Waals surface area contributed by atoms with Crippen molar-refractivity contribution >= 4 is 5.90 Å². The second-order valence-electron chi connectivity index (χ2n) is 6.07. The van der Waals surface area contributed by atoms with Crippen molar-refractivity contribution in [3.8, 4) is 5.75 Å². The zero-order valence-corrected chi connectivity index (χ0v) is 14.0. The largest absolute Gasteiger partial charge is 0.497 e. The third kappa shape index (κ3) is 3.41. The normalized spacial score (nSPS) is 18.4. The van der Waals surface area contributed by atoms with Crippen LogP contribution >= 0.6 is 0 Å². The van der Waals surface area contributed by atoms with Gasteiger partial charge in [-0.15, -0.1) is 0 Å². The van der Waals surface area contributed by atoms with E-state index in [0.29, 0.717) is 12.5 Å². The molecule has 0 saturated carbocycles. The first-order valence-corrected chi connectivity index (χ1v) is 8.20. The zero-order valence-electron chi connectivity index (χ0n) is 14.0. The van der Waals surface area contributed by atoms with Gasteiger partial charge < -0.3 is 14.0 Å². The van der Waals surface area contributed by atoms with Gasteiger partial charge >= 0.3 is 0 Å². The standard InChI is InChI=1S/C19H24N2O2/c1-4-14(2)17-13-23-19(20-17)18-6-5-11-21(18)12-15-7-9-16(22-3)10-8-15/h5-11,14,17H,4,12-13H2,1-3H3. The number of methoxy groups -OCH3 is 1. The molecule has 1 aromatic carbocycles. The topological polar surface area (TPSA) is 35.8 Å². The molecule has 2 heterocycles. The van der Waals surface area contributed by atoms with Crippen LogP contribution in [0.5, 0.6) is 5.75 Å². The Morgan fingerprint density at radius 3 is 2.78 bits per heavy atom. The summed E-state index contributed by atoms with van der Waals surface area (Å²) in [7, 11) is 1.68. The Kier molecular flexibility index (Phi) is 4.70. The molecule has 23 heavy (non-hydrogen) atoms. The van der Waals surface area contributed by atoms with Crippen LogP contribution in [0.15, 0.2) is 47.6 Å². The van der Waals surface area contributed by atoms with Gasteiger partial charge in [0, 0.05) is 12.7 Å². The van der Waals surface area contributed by atoms with E-state index in [1.807, 2.05) is 18.2 Å². The fraction of sp³-hybridized carbons (Fsp3) is 0.421. The van der Waals surface area contributed by atoms with Crippen molar-refractivity contribution in [3.05, 3.63) is 53.9 Å². The molecule has 0 aliphatic carbocycles. The lowest BCUT2D eigenvalue weighted by atomic mass is 10.0. The van der Waals surface area contributed by atoms with Crippen molar-refractivity contribution < 1.29 is 9.47 Å². The Bertz CT molecular complexity index is 673. The first kappa shape index (κ1) is 15.7. The third-order valence-corrected chi connectivity index (χ3v) is 4.54. The first-order chi connectivity index (χ1) is 11.2. The Hall–Kier alpha value is -2.23. The molecule has 0 radical (unpaired) electrons. The van der Waals surface area contributed by atoms with E-state index in [0.717, 1.165) is 30.3 Å². The third-order valence-electron chi connectivity index (χ3n) is 4.54. The summed E-state index contributed by atoms with van der Waals surface area (Å²) in [6.07, 6.45) is 3.19. The predicted molar refractivity (Wildman–Crippen MR) is 92.3 cm³/mol. The van der Waals surface area contributed by atoms with Crippen LogP contribution in [0.4, 0.5) is 0 Å². The molecule has 2 atom stereocenters. The van der Waals surface area contributed by atoms with Gasteiger partial charge in [-0.3, -0.25) is 0 Å². The second kappa shape index (κ2) is 6.90. The molecular weight excluding hydrogens is 288 g/mol. The molecule has 1 aliphatic heterocycles. The summed E-state index contributed by atoms with van der Waals surface area (Å²) in [6, 6.07) is 12.5. The molecule has 0 amide bonds. The Morgan fingerprint density at radius 2 is 2.09 bits per heavy atom. The van der Waals surface area contributed by atoms with E-state index >= 15 is 0 Å². The lowest BCUT2D eigenvalue weighted by molar-refractivity contribution is 0.281. The van der Waals surface area contributed by atoms with Gasteiger partial charge in [0.25, 0.3) is 0 Å². The second-order valence-corrected chi connectivity index (χ2v) is 6.07. The number of aromatic nitrogens is 1. The highest BCUT2D eigenvalue weighted by molar-refractivity contribution is 5.93. The average Bonchev–Trinajstić information content (AvgIpc) is 3.23. The number of benzene rings is 1. The van der Waals surface area contributed by atoms with Gasteiger partial charge in [-0.1, -0.05) is 32.4 Å². The van der Waals surface area contributed by atoms with Gasteiger partial charge in [-0.2, -0.15) is 0 Å². The summed E-state index contributed by atoms with van der Waals surface area (Å²) in [4.78, 5) is 4.78. The van der Waals surface area contributed by atoms with Crippen LogP contribution < -0.4 is 4.74 Å². The highest BCUT2D eigenvalue weighted by Gasteiger charge is 2.25. The van der Waals surface area contributed by atoms with Crippen LogP contribution in [-0.4, -0.2) is 30.2 Å². The summed E-state index contributed by atoms with van der Waals surface area (Å²) in [5, 5.41) is 0. The molecule has 1 aliphatic rings. The Morgan fingerprint density at radius 1 is 1.30 bits per heavy atom.